The summed E-state index contributed by atoms with van der Waals surface area (Å²) in [5.74, 6) is -0.155. The normalized spacial score (nSPS) is 20.8. The Morgan fingerprint density at radius 3 is 2.88 bits per heavy atom. The molecule has 1 aliphatic heterocycles. The van der Waals surface area contributed by atoms with Crippen molar-refractivity contribution >= 4 is 0 Å². The van der Waals surface area contributed by atoms with Crippen LogP contribution in [0.5, 0.6) is 11.5 Å². The number of aromatic hydroxyl groups is 1. The highest BCUT2D eigenvalue weighted by Gasteiger charge is 2.20. The van der Waals surface area contributed by atoms with E-state index in [0.29, 0.717) is 5.56 Å². The maximum Gasteiger partial charge on any atom is 0.163 e. The molecule has 0 spiro atoms. The van der Waals surface area contributed by atoms with Gasteiger partial charge in [-0.2, -0.15) is 0 Å². The summed E-state index contributed by atoms with van der Waals surface area (Å²) in [5.41, 5.74) is 0.526. The maximum absolute atomic E-state index is 13.8. The Labute approximate surface area is 94.2 Å². The SMILES string of the molecule is COc1cc(F)c(C2CCCCN2)cc1O. The predicted octanol–water partition coefficient (Wildman–Crippen LogP) is 2.35. The standard InChI is InChI=1S/C12H16FNO2/c1-16-12-7-9(13)8(6-11(12)15)10-4-2-3-5-14-10/h6-7,10,14-15H,2-5H2,1H3. The third kappa shape index (κ3) is 2.11. The Bertz CT molecular complexity index is 376. The summed E-state index contributed by atoms with van der Waals surface area (Å²) in [6.45, 7) is 0.900. The molecule has 0 aliphatic carbocycles. The lowest BCUT2D eigenvalue weighted by atomic mass is 9.97. The summed E-state index contributed by atoms with van der Waals surface area (Å²) in [5, 5.41) is 12.9. The zero-order valence-corrected chi connectivity index (χ0v) is 9.29. The minimum Gasteiger partial charge on any atom is -0.504 e. The maximum atomic E-state index is 13.8. The molecule has 1 aliphatic rings. The summed E-state index contributed by atoms with van der Waals surface area (Å²) >= 11 is 0. The number of halogens is 1. The van der Waals surface area contributed by atoms with Crippen LogP contribution in [0.25, 0.3) is 0 Å². The predicted molar refractivity (Wildman–Crippen MR) is 59.2 cm³/mol. The average Bonchev–Trinajstić information content (AvgIpc) is 2.32. The molecule has 88 valence electrons. The lowest BCUT2D eigenvalue weighted by molar-refractivity contribution is 0.362. The molecule has 1 aromatic carbocycles. The van der Waals surface area contributed by atoms with Crippen molar-refractivity contribution in [3.8, 4) is 11.5 Å². The van der Waals surface area contributed by atoms with Crippen molar-refractivity contribution in [1.82, 2.24) is 5.32 Å². The first-order valence-electron chi connectivity index (χ1n) is 5.52. The molecule has 1 heterocycles. The summed E-state index contributed by atoms with van der Waals surface area (Å²) in [4.78, 5) is 0. The second kappa shape index (κ2) is 4.70. The van der Waals surface area contributed by atoms with Crippen LogP contribution in [-0.2, 0) is 0 Å². The molecular formula is C12H16FNO2. The Balaban J connectivity index is 2.29. The first kappa shape index (κ1) is 11.2. The van der Waals surface area contributed by atoms with Gasteiger partial charge in [-0.15, -0.1) is 0 Å². The van der Waals surface area contributed by atoms with Gasteiger partial charge in [0.15, 0.2) is 11.5 Å². The number of phenols is 1. The van der Waals surface area contributed by atoms with Gasteiger partial charge in [-0.05, 0) is 25.5 Å². The van der Waals surface area contributed by atoms with Crippen molar-refractivity contribution in [2.75, 3.05) is 13.7 Å². The van der Waals surface area contributed by atoms with Crippen LogP contribution in [0.1, 0.15) is 30.9 Å². The van der Waals surface area contributed by atoms with E-state index in [2.05, 4.69) is 5.32 Å². The fourth-order valence-electron chi connectivity index (χ4n) is 2.11. The number of benzene rings is 1. The highest BCUT2D eigenvalue weighted by molar-refractivity contribution is 5.43. The lowest BCUT2D eigenvalue weighted by Gasteiger charge is -2.24. The van der Waals surface area contributed by atoms with Crippen LogP contribution < -0.4 is 10.1 Å². The fourth-order valence-corrected chi connectivity index (χ4v) is 2.11. The Hall–Kier alpha value is -1.29. The van der Waals surface area contributed by atoms with Crippen LogP contribution in [0.3, 0.4) is 0 Å². The van der Waals surface area contributed by atoms with Crippen LogP contribution in [-0.4, -0.2) is 18.8 Å². The van der Waals surface area contributed by atoms with Crippen LogP contribution in [0.4, 0.5) is 4.39 Å². The van der Waals surface area contributed by atoms with E-state index in [0.717, 1.165) is 25.8 Å². The van der Waals surface area contributed by atoms with E-state index in [1.807, 2.05) is 0 Å². The summed E-state index contributed by atoms with van der Waals surface area (Å²) in [6.07, 6.45) is 3.12. The molecular weight excluding hydrogens is 209 g/mol. The Kier molecular flexibility index (Phi) is 3.29. The second-order valence-corrected chi connectivity index (χ2v) is 4.05. The van der Waals surface area contributed by atoms with Gasteiger partial charge in [-0.25, -0.2) is 4.39 Å². The summed E-state index contributed by atoms with van der Waals surface area (Å²) in [7, 11) is 1.41. The number of rotatable bonds is 2. The second-order valence-electron chi connectivity index (χ2n) is 4.05. The molecule has 4 heteroatoms. The van der Waals surface area contributed by atoms with Crippen molar-refractivity contribution in [3.63, 3.8) is 0 Å². The molecule has 0 aromatic heterocycles. The molecule has 1 saturated heterocycles. The van der Waals surface area contributed by atoms with Gasteiger partial charge < -0.3 is 15.2 Å². The zero-order valence-electron chi connectivity index (χ0n) is 9.29. The van der Waals surface area contributed by atoms with Crippen LogP contribution in [0, 0.1) is 5.82 Å². The molecule has 16 heavy (non-hydrogen) atoms. The summed E-state index contributed by atoms with van der Waals surface area (Å²) < 4.78 is 18.6. The molecule has 0 amide bonds. The molecule has 3 nitrogen and oxygen atoms in total. The van der Waals surface area contributed by atoms with Crippen molar-refractivity contribution in [2.24, 2.45) is 0 Å². The minimum absolute atomic E-state index is 0.00514. The number of piperidine rings is 1. The Morgan fingerprint density at radius 2 is 2.25 bits per heavy atom. The number of hydrogen-bond acceptors (Lipinski definition) is 3. The van der Waals surface area contributed by atoms with Crippen LogP contribution in [0.15, 0.2) is 12.1 Å². The van der Waals surface area contributed by atoms with E-state index in [1.54, 1.807) is 0 Å². The van der Waals surface area contributed by atoms with Gasteiger partial charge in [0.25, 0.3) is 0 Å². The average molecular weight is 225 g/mol. The third-order valence-electron chi connectivity index (χ3n) is 2.98. The van der Waals surface area contributed by atoms with E-state index >= 15 is 0 Å². The van der Waals surface area contributed by atoms with Gasteiger partial charge >= 0.3 is 0 Å². The topological polar surface area (TPSA) is 41.5 Å². The molecule has 0 saturated carbocycles. The largest absolute Gasteiger partial charge is 0.504 e. The van der Waals surface area contributed by atoms with E-state index in [-0.39, 0.29) is 23.4 Å². The van der Waals surface area contributed by atoms with Crippen molar-refractivity contribution in [3.05, 3.63) is 23.5 Å². The fraction of sp³-hybridized carbons (Fsp3) is 0.500. The van der Waals surface area contributed by atoms with Gasteiger partial charge in [0, 0.05) is 17.7 Å². The van der Waals surface area contributed by atoms with Crippen LogP contribution >= 0.6 is 0 Å². The number of methoxy groups -OCH3 is 1. The molecule has 0 radical (unpaired) electrons. The number of nitrogens with one attached hydrogen (secondary N) is 1. The summed E-state index contributed by atoms with van der Waals surface area (Å²) in [6, 6.07) is 2.70. The van der Waals surface area contributed by atoms with Gasteiger partial charge in [-0.3, -0.25) is 0 Å². The van der Waals surface area contributed by atoms with Crippen molar-refractivity contribution in [2.45, 2.75) is 25.3 Å². The molecule has 1 fully saturated rings. The van der Waals surface area contributed by atoms with E-state index < -0.39 is 0 Å². The molecule has 2 N–H and O–H groups in total. The van der Waals surface area contributed by atoms with Gasteiger partial charge in [0.05, 0.1) is 7.11 Å². The smallest absolute Gasteiger partial charge is 0.163 e. The molecule has 0 bridgehead atoms. The first-order valence-corrected chi connectivity index (χ1v) is 5.52. The van der Waals surface area contributed by atoms with E-state index in [4.69, 9.17) is 4.74 Å². The van der Waals surface area contributed by atoms with E-state index in [9.17, 15) is 9.50 Å². The monoisotopic (exact) mass is 225 g/mol. The highest BCUT2D eigenvalue weighted by atomic mass is 19.1. The van der Waals surface area contributed by atoms with Crippen molar-refractivity contribution in [1.29, 1.82) is 0 Å². The molecule has 1 unspecified atom stereocenters. The first-order chi connectivity index (χ1) is 7.72. The number of ether oxygens (including phenoxy) is 1. The highest BCUT2D eigenvalue weighted by Crippen LogP contribution is 2.33. The van der Waals surface area contributed by atoms with Gasteiger partial charge in [-0.1, -0.05) is 6.42 Å². The lowest BCUT2D eigenvalue weighted by Crippen LogP contribution is -2.27. The van der Waals surface area contributed by atoms with E-state index in [1.165, 1.54) is 19.2 Å². The van der Waals surface area contributed by atoms with Crippen molar-refractivity contribution < 1.29 is 14.2 Å². The quantitative estimate of drug-likeness (QED) is 0.811. The Morgan fingerprint density at radius 1 is 1.44 bits per heavy atom. The third-order valence-corrected chi connectivity index (χ3v) is 2.98. The molecule has 1 atom stereocenters. The van der Waals surface area contributed by atoms with Crippen LogP contribution in [0.2, 0.25) is 0 Å². The molecule has 1 aromatic rings. The van der Waals surface area contributed by atoms with Gasteiger partial charge in [0.1, 0.15) is 5.82 Å². The minimum atomic E-state index is -0.325. The van der Waals surface area contributed by atoms with Gasteiger partial charge in [0.2, 0.25) is 0 Å². The number of hydrogen-bond donors (Lipinski definition) is 2. The zero-order chi connectivity index (χ0) is 11.5. The molecule has 2 rings (SSSR count). The number of phenolic OH excluding ortho intramolecular Hbond substituents is 1.